The van der Waals surface area contributed by atoms with Crippen LogP contribution in [0.25, 0.3) is 44.3 Å². The van der Waals surface area contributed by atoms with Gasteiger partial charge in [-0.25, -0.2) is 19.3 Å². The van der Waals surface area contributed by atoms with Crippen LogP contribution < -0.4 is 37.2 Å². The molecular formula is C82H108N16O7. The van der Waals surface area contributed by atoms with Crippen LogP contribution in [-0.2, 0) is 87.3 Å². The largest absolute Gasteiger partial charge is 0.381 e. The summed E-state index contributed by atoms with van der Waals surface area (Å²) in [6.07, 6.45) is 11.7. The predicted molar refractivity (Wildman–Crippen MR) is 413 cm³/mol. The summed E-state index contributed by atoms with van der Waals surface area (Å²) in [5.74, 6) is -0.960. The number of aryl methyl sites for hydroxylation is 6. The maximum Gasteiger partial charge on any atom is 0.235 e. The first-order valence-corrected chi connectivity index (χ1v) is 38.2. The van der Waals surface area contributed by atoms with Gasteiger partial charge in [0.15, 0.2) is 11.3 Å². The number of hydrogen-bond donors (Lipinski definition) is 7. The topological polar surface area (TPSA) is 259 Å². The number of nitrogens with zero attached hydrogens (tertiary/aromatic N) is 9. The van der Waals surface area contributed by atoms with Crippen molar-refractivity contribution in [3.63, 3.8) is 0 Å². The van der Waals surface area contributed by atoms with E-state index in [0.29, 0.717) is 76.9 Å². The molecule has 4 saturated heterocycles. The molecule has 0 spiro atoms. The van der Waals surface area contributed by atoms with Crippen molar-refractivity contribution in [1.29, 1.82) is 0 Å². The smallest absolute Gasteiger partial charge is 0.235 e. The molecule has 7 N–H and O–H groups in total. The fourth-order valence-electron chi connectivity index (χ4n) is 14.8. The molecular weight excluding hydrogens is 1320 g/mol. The molecule has 8 aromatic rings. The van der Waals surface area contributed by atoms with Gasteiger partial charge < -0.3 is 56.5 Å². The number of benzene rings is 4. The Morgan fingerprint density at radius 1 is 0.533 bits per heavy atom. The van der Waals surface area contributed by atoms with Crippen LogP contribution in [0, 0.1) is 24.7 Å². The molecule has 2 aliphatic carbocycles. The van der Waals surface area contributed by atoms with Crippen LogP contribution in [0.1, 0.15) is 140 Å². The van der Waals surface area contributed by atoms with Crippen molar-refractivity contribution in [2.24, 2.45) is 10.8 Å². The highest BCUT2D eigenvalue weighted by Gasteiger charge is 2.57. The Kier molecular flexibility index (Phi) is 25.2. The van der Waals surface area contributed by atoms with Crippen molar-refractivity contribution in [3.05, 3.63) is 153 Å². The first kappa shape index (κ1) is 75.7. The molecule has 4 aromatic heterocycles. The molecule has 8 heterocycles. The maximum absolute atomic E-state index is 13.8. The van der Waals surface area contributed by atoms with Crippen LogP contribution in [-0.4, -0.2) is 179 Å². The summed E-state index contributed by atoms with van der Waals surface area (Å²) < 4.78 is 15.0. The molecule has 23 heteroatoms. The summed E-state index contributed by atoms with van der Waals surface area (Å²) in [7, 11) is 4.34. The van der Waals surface area contributed by atoms with Gasteiger partial charge in [0.2, 0.25) is 23.6 Å². The number of nitrogens with one attached hydrogen (secondary N) is 7. The number of pyridine rings is 2. The minimum Gasteiger partial charge on any atom is -0.381 e. The fourth-order valence-corrected chi connectivity index (χ4v) is 14.8. The lowest BCUT2D eigenvalue weighted by Gasteiger charge is -2.32. The van der Waals surface area contributed by atoms with Gasteiger partial charge in [0.25, 0.3) is 0 Å². The Bertz CT molecular complexity index is 4360. The van der Waals surface area contributed by atoms with Crippen LogP contribution in [0.4, 0.5) is 11.4 Å². The number of amides is 4. The van der Waals surface area contributed by atoms with E-state index in [1.165, 1.54) is 29.8 Å². The molecule has 558 valence electrons. The number of rotatable bonds is 25. The lowest BCUT2D eigenvalue weighted by atomic mass is 9.96. The van der Waals surface area contributed by atoms with Gasteiger partial charge in [-0.3, -0.25) is 28.9 Å². The molecule has 6 fully saturated rings. The molecule has 105 heavy (non-hydrogen) atoms. The van der Waals surface area contributed by atoms with Gasteiger partial charge >= 0.3 is 0 Å². The summed E-state index contributed by atoms with van der Waals surface area (Å²) in [4.78, 5) is 83.1. The molecule has 4 aromatic carbocycles. The number of piperazine rings is 2. The van der Waals surface area contributed by atoms with E-state index in [4.69, 9.17) is 19.4 Å². The second kappa shape index (κ2) is 35.0. The van der Waals surface area contributed by atoms with Crippen LogP contribution in [0.5, 0.6) is 0 Å². The Morgan fingerprint density at radius 3 is 1.39 bits per heavy atom. The Hall–Kier alpha value is -8.97. The molecule has 23 nitrogen and oxygen atoms in total. The third-order valence-corrected chi connectivity index (χ3v) is 21.9. The number of likely N-dealkylation sites (N-methyl/N-ethyl adjacent to an activating group) is 2. The number of aldehydes is 1. The number of anilines is 2. The van der Waals surface area contributed by atoms with E-state index in [1.807, 2.05) is 72.0 Å². The minimum atomic E-state index is -1.07. The predicted octanol–water partition coefficient (Wildman–Crippen LogP) is 9.67. The minimum absolute atomic E-state index is 0.213. The average Bonchev–Trinajstić information content (AvgIpc) is 1.66. The summed E-state index contributed by atoms with van der Waals surface area (Å²) in [5.41, 5.74) is 15.6. The first-order valence-electron chi connectivity index (χ1n) is 38.2. The Balaban J connectivity index is 0.000000181. The lowest BCUT2D eigenvalue weighted by molar-refractivity contribution is -0.138. The number of fused-ring (bicyclic) bond motifs is 2. The van der Waals surface area contributed by atoms with Crippen LogP contribution in [0.15, 0.2) is 97.3 Å². The second-order valence-corrected chi connectivity index (χ2v) is 29.3. The first-order chi connectivity index (χ1) is 51.0. The third-order valence-electron chi connectivity index (χ3n) is 21.9. The zero-order valence-corrected chi connectivity index (χ0v) is 62.9. The average molecular weight is 1430 g/mol. The van der Waals surface area contributed by atoms with Crippen molar-refractivity contribution < 1.29 is 33.4 Å². The summed E-state index contributed by atoms with van der Waals surface area (Å²) in [6.45, 7) is 28.0. The monoisotopic (exact) mass is 1430 g/mol. The van der Waals surface area contributed by atoms with E-state index in [0.717, 1.165) is 187 Å². The number of hydrogen-bond acceptors (Lipinski definition) is 17. The normalized spacial score (nSPS) is 17.5. The molecule has 0 radical (unpaired) electrons. The molecule has 4 amide bonds. The highest BCUT2D eigenvalue weighted by Crippen LogP contribution is 2.48. The van der Waals surface area contributed by atoms with Gasteiger partial charge in [-0.05, 0) is 180 Å². The zero-order chi connectivity index (χ0) is 73.6. The zero-order valence-electron chi connectivity index (χ0n) is 62.9. The van der Waals surface area contributed by atoms with Crippen LogP contribution >= 0.6 is 0 Å². The number of ether oxygens (including phenoxy) is 2. The van der Waals surface area contributed by atoms with E-state index in [2.05, 4.69) is 146 Å². The van der Waals surface area contributed by atoms with Crippen molar-refractivity contribution in [2.75, 3.05) is 104 Å². The van der Waals surface area contributed by atoms with Crippen molar-refractivity contribution in [2.45, 2.75) is 164 Å². The van der Waals surface area contributed by atoms with Gasteiger partial charge in [0.05, 0.1) is 34.5 Å². The Morgan fingerprint density at radius 2 is 0.971 bits per heavy atom. The molecule has 0 atom stereocenters. The van der Waals surface area contributed by atoms with Crippen LogP contribution in [0.2, 0.25) is 0 Å². The van der Waals surface area contributed by atoms with Gasteiger partial charge in [0, 0.05) is 165 Å². The van der Waals surface area contributed by atoms with E-state index < -0.39 is 10.8 Å². The van der Waals surface area contributed by atoms with E-state index in [1.54, 1.807) is 6.07 Å². The number of carbonyl (C=O) groups excluding carboxylic acids is 5. The quantitative estimate of drug-likeness (QED) is 0.0207. The summed E-state index contributed by atoms with van der Waals surface area (Å²) in [5, 5.41) is 34.2. The molecule has 0 unspecified atom stereocenters. The highest BCUT2D eigenvalue weighted by molar-refractivity contribution is 6.09. The number of carbonyl (C=O) groups is 5. The van der Waals surface area contributed by atoms with Crippen molar-refractivity contribution >= 4 is 63.4 Å². The molecule has 0 bridgehead atoms. The van der Waals surface area contributed by atoms with E-state index in [-0.39, 0.29) is 48.8 Å². The fraction of sp³-hybridized carbons (Fsp3) is 0.500. The van der Waals surface area contributed by atoms with Crippen molar-refractivity contribution in [3.8, 4) is 22.3 Å². The standard InChI is InChI=1S/C41H54N8O3.C36H42N6O4.C5H12N2/c1-5-36-34(37(45-32-12-20-52-21-13-32)35-26-44-49(6-2)38(35)46-36)25-43-40(51)41(14-15-41)39(50)42-24-29-11-10-28(3)33(23-29)31-9-7-8-30(22-31)27-48-18-16-47(4)17-19-48;1-4-31-29(32(40-27-11-15-46-16-12-27)30-21-39-42(5-2)33(30)41-31)20-38-35(45)36(13-14-36)34(44)37-19-24-10-9-23(3)28(18-24)26-8-6-7-25(17-26)22-43;1-7-4-2-6-3-5-7/h7-11,22-23,26,32H,5-6,12-21,24-25,27H2,1-4H3,(H,42,50)(H,43,51)(H,45,46);6-10,17-18,21-22,27H,4-5,11-16,19-20H2,1-3H3,(H,37,44)(H,38,45)(H,40,41);6H,2-5H2,1H3. The molecule has 14 rings (SSSR count). The Labute approximate surface area is 618 Å². The highest BCUT2D eigenvalue weighted by atomic mass is 16.5. The molecule has 2 saturated carbocycles. The third kappa shape index (κ3) is 18.1. The van der Waals surface area contributed by atoms with E-state index >= 15 is 0 Å². The van der Waals surface area contributed by atoms with Gasteiger partial charge in [-0.15, -0.1) is 0 Å². The molecule has 4 aliphatic heterocycles. The summed E-state index contributed by atoms with van der Waals surface area (Å²) in [6, 6.07) is 29.2. The van der Waals surface area contributed by atoms with Crippen LogP contribution in [0.3, 0.4) is 0 Å². The van der Waals surface area contributed by atoms with Crippen molar-refractivity contribution in [1.82, 2.24) is 70.8 Å². The van der Waals surface area contributed by atoms with Gasteiger partial charge in [-0.2, -0.15) is 10.2 Å². The molecule has 6 aliphatic rings. The SMILES string of the molecule is CCc1nc2c(cnn2CC)c(NC2CCOCC2)c1CNC(=O)C1(C(=O)NCc2ccc(C)c(-c3cccc(C=O)c3)c2)CC1.CCc1nc2c(cnn2CC)c(NC2CCOCC2)c1CNC(=O)C1(C(=O)NCc2ccc(C)c(-c3cccc(CN4CCN(C)CC4)c3)c2)CC1.CN1CCNCC1. The maximum atomic E-state index is 13.8. The van der Waals surface area contributed by atoms with E-state index in [9.17, 15) is 24.0 Å². The summed E-state index contributed by atoms with van der Waals surface area (Å²) >= 11 is 0. The lowest BCUT2D eigenvalue weighted by Crippen LogP contribution is -2.43. The second-order valence-electron chi connectivity index (χ2n) is 29.3. The van der Waals surface area contributed by atoms with Gasteiger partial charge in [0.1, 0.15) is 17.1 Å². The van der Waals surface area contributed by atoms with Gasteiger partial charge in [-0.1, -0.05) is 74.5 Å². The number of aromatic nitrogens is 6.